The van der Waals surface area contributed by atoms with Crippen molar-refractivity contribution in [1.29, 1.82) is 0 Å². The van der Waals surface area contributed by atoms with Gasteiger partial charge in [0.05, 0.1) is 0 Å². The van der Waals surface area contributed by atoms with Gasteiger partial charge in [0.15, 0.2) is 0 Å². The second-order valence-electron chi connectivity index (χ2n) is 6.29. The van der Waals surface area contributed by atoms with E-state index in [0.717, 1.165) is 12.0 Å². The van der Waals surface area contributed by atoms with Gasteiger partial charge in [0, 0.05) is 38.3 Å². The molecule has 1 fully saturated rings. The Balaban J connectivity index is 1.43. The lowest BCUT2D eigenvalue weighted by atomic mass is 10.1. The second-order valence-corrected chi connectivity index (χ2v) is 6.29. The molecule has 6 heteroatoms. The van der Waals surface area contributed by atoms with Crippen LogP contribution in [-0.4, -0.2) is 47.9 Å². The molecule has 1 N–H and O–H groups in total. The summed E-state index contributed by atoms with van der Waals surface area (Å²) in [6.45, 7) is 2.04. The van der Waals surface area contributed by atoms with Crippen LogP contribution in [0.25, 0.3) is 0 Å². The molecule has 0 aromatic heterocycles. The van der Waals surface area contributed by atoms with Crippen molar-refractivity contribution >= 4 is 17.6 Å². The monoisotopic (exact) mass is 355 g/mol. The molecular formula is C20H22FN3O2. The Kier molecular flexibility index (Phi) is 5.84. The van der Waals surface area contributed by atoms with Gasteiger partial charge in [0.1, 0.15) is 5.82 Å². The molecule has 3 amide bonds. The van der Waals surface area contributed by atoms with Crippen molar-refractivity contribution in [3.05, 3.63) is 66.0 Å². The maximum atomic E-state index is 12.9. The third-order valence-electron chi connectivity index (χ3n) is 4.49. The molecule has 0 unspecified atom stereocenters. The van der Waals surface area contributed by atoms with E-state index in [-0.39, 0.29) is 17.8 Å². The summed E-state index contributed by atoms with van der Waals surface area (Å²) in [4.78, 5) is 28.1. The summed E-state index contributed by atoms with van der Waals surface area (Å²) in [5.41, 5.74) is 1.70. The number of hydrogen-bond donors (Lipinski definition) is 1. The molecule has 1 aliphatic heterocycles. The average molecular weight is 355 g/mol. The summed E-state index contributed by atoms with van der Waals surface area (Å²) in [7, 11) is 0. The molecule has 0 aliphatic carbocycles. The standard InChI is InChI=1S/C20H22FN3O2/c21-17-7-9-18(10-8-17)22-20(26)24-14-12-23(13-15-24)19(25)11-6-16-4-2-1-3-5-16/h1-5,7-10H,6,11-15H2,(H,22,26). The number of halogens is 1. The molecule has 0 saturated carbocycles. The topological polar surface area (TPSA) is 52.7 Å². The van der Waals surface area contributed by atoms with Crippen molar-refractivity contribution in [1.82, 2.24) is 9.80 Å². The zero-order valence-electron chi connectivity index (χ0n) is 14.5. The molecule has 2 aromatic rings. The highest BCUT2D eigenvalue weighted by Crippen LogP contribution is 2.12. The van der Waals surface area contributed by atoms with Crippen LogP contribution in [0.5, 0.6) is 0 Å². The van der Waals surface area contributed by atoms with Crippen molar-refractivity contribution in [2.75, 3.05) is 31.5 Å². The third kappa shape index (κ3) is 4.81. The minimum absolute atomic E-state index is 0.118. The smallest absolute Gasteiger partial charge is 0.321 e. The number of aryl methyl sites for hydroxylation is 1. The van der Waals surface area contributed by atoms with Gasteiger partial charge < -0.3 is 15.1 Å². The number of carbonyl (C=O) groups excluding carboxylic acids is 2. The van der Waals surface area contributed by atoms with Crippen molar-refractivity contribution in [2.24, 2.45) is 0 Å². The Hall–Kier alpha value is -2.89. The van der Waals surface area contributed by atoms with Crippen LogP contribution in [0.2, 0.25) is 0 Å². The van der Waals surface area contributed by atoms with Crippen molar-refractivity contribution in [3.8, 4) is 0 Å². The van der Waals surface area contributed by atoms with E-state index in [1.54, 1.807) is 4.90 Å². The molecule has 3 rings (SSSR count). The number of hydrogen-bond acceptors (Lipinski definition) is 2. The molecule has 1 saturated heterocycles. The van der Waals surface area contributed by atoms with Gasteiger partial charge in [0.2, 0.25) is 5.91 Å². The first-order valence-corrected chi connectivity index (χ1v) is 8.75. The number of anilines is 1. The largest absolute Gasteiger partial charge is 0.339 e. The van der Waals surface area contributed by atoms with E-state index in [2.05, 4.69) is 5.32 Å². The van der Waals surface area contributed by atoms with Gasteiger partial charge in [-0.1, -0.05) is 30.3 Å². The summed E-state index contributed by atoms with van der Waals surface area (Å²) in [5, 5.41) is 2.75. The molecule has 0 radical (unpaired) electrons. The molecular weight excluding hydrogens is 333 g/mol. The van der Waals surface area contributed by atoms with E-state index >= 15 is 0 Å². The van der Waals surface area contributed by atoms with Crippen LogP contribution in [0.3, 0.4) is 0 Å². The van der Waals surface area contributed by atoms with Gasteiger partial charge in [-0.2, -0.15) is 0 Å². The highest BCUT2D eigenvalue weighted by molar-refractivity contribution is 5.89. The molecule has 0 atom stereocenters. The predicted molar refractivity (Wildman–Crippen MR) is 98.3 cm³/mol. The lowest BCUT2D eigenvalue weighted by Crippen LogP contribution is -2.51. The van der Waals surface area contributed by atoms with Crippen LogP contribution < -0.4 is 5.32 Å². The van der Waals surface area contributed by atoms with E-state index in [0.29, 0.717) is 38.3 Å². The highest BCUT2D eigenvalue weighted by Gasteiger charge is 2.23. The number of amides is 3. The number of urea groups is 1. The SMILES string of the molecule is O=C(CCc1ccccc1)N1CCN(C(=O)Nc2ccc(F)cc2)CC1. The van der Waals surface area contributed by atoms with E-state index in [9.17, 15) is 14.0 Å². The second kappa shape index (κ2) is 8.47. The first-order valence-electron chi connectivity index (χ1n) is 8.75. The number of piperazine rings is 1. The Labute approximate surface area is 152 Å². The van der Waals surface area contributed by atoms with Crippen LogP contribution in [0.4, 0.5) is 14.9 Å². The Morgan fingerprint density at radius 2 is 1.50 bits per heavy atom. The van der Waals surface area contributed by atoms with Gasteiger partial charge in [0.25, 0.3) is 0 Å². The van der Waals surface area contributed by atoms with Gasteiger partial charge in [-0.3, -0.25) is 4.79 Å². The van der Waals surface area contributed by atoms with E-state index in [1.807, 2.05) is 35.2 Å². The van der Waals surface area contributed by atoms with E-state index < -0.39 is 0 Å². The third-order valence-corrected chi connectivity index (χ3v) is 4.49. The van der Waals surface area contributed by atoms with E-state index in [1.165, 1.54) is 24.3 Å². The minimum Gasteiger partial charge on any atom is -0.339 e. The summed E-state index contributed by atoms with van der Waals surface area (Å²) < 4.78 is 12.9. The molecule has 0 spiro atoms. The quantitative estimate of drug-likeness (QED) is 0.916. The van der Waals surface area contributed by atoms with Crippen LogP contribution in [-0.2, 0) is 11.2 Å². The Morgan fingerprint density at radius 1 is 0.885 bits per heavy atom. The zero-order chi connectivity index (χ0) is 18.4. The Morgan fingerprint density at radius 3 is 2.15 bits per heavy atom. The van der Waals surface area contributed by atoms with Crippen molar-refractivity contribution in [3.63, 3.8) is 0 Å². The number of benzene rings is 2. The molecule has 5 nitrogen and oxygen atoms in total. The number of rotatable bonds is 4. The number of nitrogens with one attached hydrogen (secondary N) is 1. The van der Waals surface area contributed by atoms with Gasteiger partial charge in [-0.15, -0.1) is 0 Å². The molecule has 136 valence electrons. The maximum Gasteiger partial charge on any atom is 0.321 e. The van der Waals surface area contributed by atoms with Crippen LogP contribution in [0, 0.1) is 5.82 Å². The Bertz CT molecular complexity index is 741. The predicted octanol–water partition coefficient (Wildman–Crippen LogP) is 3.13. The molecule has 1 heterocycles. The lowest BCUT2D eigenvalue weighted by molar-refractivity contribution is -0.132. The average Bonchev–Trinajstić information content (AvgIpc) is 2.69. The summed E-state index contributed by atoms with van der Waals surface area (Å²) in [5.74, 6) is -0.224. The van der Waals surface area contributed by atoms with Crippen LogP contribution in [0.15, 0.2) is 54.6 Å². The number of carbonyl (C=O) groups is 2. The maximum absolute atomic E-state index is 12.9. The fourth-order valence-corrected chi connectivity index (χ4v) is 2.95. The van der Waals surface area contributed by atoms with Gasteiger partial charge >= 0.3 is 6.03 Å². The van der Waals surface area contributed by atoms with E-state index in [4.69, 9.17) is 0 Å². The molecule has 26 heavy (non-hydrogen) atoms. The first-order chi connectivity index (χ1) is 12.6. The lowest BCUT2D eigenvalue weighted by Gasteiger charge is -2.34. The summed E-state index contributed by atoms with van der Waals surface area (Å²) >= 11 is 0. The molecule has 0 bridgehead atoms. The fourth-order valence-electron chi connectivity index (χ4n) is 2.95. The number of nitrogens with zero attached hydrogens (tertiary/aromatic N) is 2. The van der Waals surface area contributed by atoms with Crippen LogP contribution >= 0.6 is 0 Å². The van der Waals surface area contributed by atoms with Crippen molar-refractivity contribution in [2.45, 2.75) is 12.8 Å². The summed E-state index contributed by atoms with van der Waals surface area (Å²) in [6.07, 6.45) is 1.21. The van der Waals surface area contributed by atoms with Crippen LogP contribution in [0.1, 0.15) is 12.0 Å². The molecule has 1 aliphatic rings. The fraction of sp³-hybridized carbons (Fsp3) is 0.300. The van der Waals surface area contributed by atoms with Gasteiger partial charge in [-0.05, 0) is 36.2 Å². The minimum atomic E-state index is -0.342. The highest BCUT2D eigenvalue weighted by atomic mass is 19.1. The molecule has 2 aromatic carbocycles. The summed E-state index contributed by atoms with van der Waals surface area (Å²) in [6, 6.07) is 15.4. The van der Waals surface area contributed by atoms with Crippen molar-refractivity contribution < 1.29 is 14.0 Å². The van der Waals surface area contributed by atoms with Gasteiger partial charge in [-0.25, -0.2) is 9.18 Å². The first kappa shape index (κ1) is 17.9. The zero-order valence-corrected chi connectivity index (χ0v) is 14.5. The normalized spacial score (nSPS) is 14.2.